The molecule has 2 aliphatic heterocycles. The number of nitrogens with one attached hydrogen (secondary N) is 2. The summed E-state index contributed by atoms with van der Waals surface area (Å²) in [5, 5.41) is 17.3. The first-order chi connectivity index (χ1) is 19.7. The van der Waals surface area contributed by atoms with Crippen molar-refractivity contribution in [1.29, 1.82) is 0 Å². The van der Waals surface area contributed by atoms with E-state index < -0.39 is 0 Å². The Morgan fingerprint density at radius 2 is 1.88 bits per heavy atom. The third-order valence-electron chi connectivity index (χ3n) is 8.35. The quantitative estimate of drug-likeness (QED) is 0.338. The summed E-state index contributed by atoms with van der Waals surface area (Å²) in [6.07, 6.45) is 8.60. The summed E-state index contributed by atoms with van der Waals surface area (Å²) in [5.74, 6) is 0. The molecule has 0 aliphatic carbocycles. The smallest absolute Gasteiger partial charge is 0.164 e. The van der Waals surface area contributed by atoms with Gasteiger partial charge >= 0.3 is 0 Å². The molecule has 0 amide bonds. The van der Waals surface area contributed by atoms with Crippen molar-refractivity contribution in [2.24, 2.45) is 0 Å². The molecule has 0 unspecified atom stereocenters. The topological polar surface area (TPSA) is 90.3 Å². The number of benzene rings is 2. The minimum absolute atomic E-state index is 0.570. The summed E-state index contributed by atoms with van der Waals surface area (Å²) in [4.78, 5) is 13.9. The second kappa shape index (κ2) is 8.89. The number of aromatic amines is 1. The Bertz CT molecular complexity index is 1870. The second-order valence-corrected chi connectivity index (χ2v) is 10.9. The van der Waals surface area contributed by atoms with Crippen molar-refractivity contribution in [2.45, 2.75) is 18.5 Å². The van der Waals surface area contributed by atoms with Gasteiger partial charge in [0.1, 0.15) is 5.69 Å². The predicted molar refractivity (Wildman–Crippen MR) is 159 cm³/mol. The van der Waals surface area contributed by atoms with Crippen molar-refractivity contribution in [3.63, 3.8) is 0 Å². The van der Waals surface area contributed by atoms with Gasteiger partial charge in [-0.3, -0.25) is 10.1 Å². The lowest BCUT2D eigenvalue weighted by Crippen LogP contribution is -2.43. The van der Waals surface area contributed by atoms with Crippen LogP contribution in [0.15, 0.2) is 79.4 Å². The molecule has 198 valence electrons. The molecule has 2 fully saturated rings. The largest absolute Gasteiger partial charge is 0.377 e. The minimum atomic E-state index is 0.570. The van der Waals surface area contributed by atoms with Crippen LogP contribution in [0.4, 0.5) is 11.4 Å². The van der Waals surface area contributed by atoms with Gasteiger partial charge in [-0.05, 0) is 54.4 Å². The highest BCUT2D eigenvalue weighted by Crippen LogP contribution is 2.41. The molecular weight excluding hydrogens is 498 g/mol. The van der Waals surface area contributed by atoms with E-state index in [0.29, 0.717) is 12.1 Å². The molecule has 0 radical (unpaired) electrons. The van der Waals surface area contributed by atoms with Gasteiger partial charge in [0.05, 0.1) is 23.0 Å². The van der Waals surface area contributed by atoms with Gasteiger partial charge in [-0.1, -0.05) is 12.1 Å². The van der Waals surface area contributed by atoms with Gasteiger partial charge in [0.15, 0.2) is 5.65 Å². The van der Waals surface area contributed by atoms with E-state index in [4.69, 9.17) is 10.1 Å². The average molecular weight is 528 g/mol. The normalized spacial score (nSPS) is 18.3. The Balaban J connectivity index is 1.35. The van der Waals surface area contributed by atoms with Crippen LogP contribution in [0.3, 0.4) is 0 Å². The lowest BCUT2D eigenvalue weighted by molar-refractivity contribution is 0.580. The first-order valence-electron chi connectivity index (χ1n) is 13.7. The zero-order chi connectivity index (χ0) is 26.8. The summed E-state index contributed by atoms with van der Waals surface area (Å²) in [7, 11) is 4.21. The van der Waals surface area contributed by atoms with Crippen molar-refractivity contribution in [2.75, 3.05) is 37.0 Å². The van der Waals surface area contributed by atoms with E-state index in [0.717, 1.165) is 69.0 Å². The van der Waals surface area contributed by atoms with Crippen LogP contribution >= 0.6 is 0 Å². The van der Waals surface area contributed by atoms with E-state index >= 15 is 0 Å². The Hall–Kier alpha value is -4.76. The molecule has 2 N–H and O–H groups in total. The van der Waals surface area contributed by atoms with Gasteiger partial charge < -0.3 is 15.1 Å². The van der Waals surface area contributed by atoms with Gasteiger partial charge in [0, 0.05) is 85.7 Å². The molecular formula is C31H29N9. The van der Waals surface area contributed by atoms with Gasteiger partial charge in [-0.15, -0.1) is 0 Å². The Labute approximate surface area is 231 Å². The van der Waals surface area contributed by atoms with Crippen molar-refractivity contribution in [3.05, 3.63) is 79.4 Å². The van der Waals surface area contributed by atoms with Crippen LogP contribution in [0, 0.1) is 0 Å². The fourth-order valence-corrected chi connectivity index (χ4v) is 6.46. The SMILES string of the molecule is CN(C)c1cc(N2C[C@@H]3C[C@H]2CN3)ccc1-c1ccnc2c(-c3cccc4[nH]ncc34)c(-c3ccncc3)nn12. The van der Waals surface area contributed by atoms with E-state index in [1.807, 2.05) is 41.2 Å². The number of H-pyrrole nitrogens is 1. The van der Waals surface area contributed by atoms with Crippen LogP contribution in [0.2, 0.25) is 0 Å². The van der Waals surface area contributed by atoms with Crippen LogP contribution in [0.25, 0.3) is 50.2 Å². The van der Waals surface area contributed by atoms with Crippen LogP contribution < -0.4 is 15.1 Å². The molecule has 9 nitrogen and oxygen atoms in total. The standard InChI is InChI=1S/C31H29N9/c1-38(2)28-15-21(39-18-20-14-22(39)16-34-20)6-7-24(28)27-10-13-33-31-29(23-4-3-5-26-25(23)17-35-36-26)30(37-40(27)31)19-8-11-32-12-9-19/h3-13,15,17,20,22,34H,14,16,18H2,1-2H3,(H,35,36)/t20-,22-/m0/s1. The first kappa shape index (κ1) is 23.2. The summed E-state index contributed by atoms with van der Waals surface area (Å²) >= 11 is 0. The molecule has 2 atom stereocenters. The Morgan fingerprint density at radius 1 is 0.975 bits per heavy atom. The molecule has 0 spiro atoms. The van der Waals surface area contributed by atoms with E-state index in [1.165, 1.54) is 12.1 Å². The number of anilines is 2. The maximum Gasteiger partial charge on any atom is 0.164 e. The van der Waals surface area contributed by atoms with Crippen molar-refractivity contribution in [3.8, 4) is 33.6 Å². The Kier molecular flexibility index (Phi) is 5.15. The Morgan fingerprint density at radius 3 is 2.67 bits per heavy atom. The van der Waals surface area contributed by atoms with Gasteiger partial charge in [0.2, 0.25) is 0 Å². The molecule has 6 heterocycles. The van der Waals surface area contributed by atoms with Crippen molar-refractivity contribution < 1.29 is 0 Å². The number of fused-ring (bicyclic) bond motifs is 4. The van der Waals surface area contributed by atoms with E-state index in [-0.39, 0.29) is 0 Å². The van der Waals surface area contributed by atoms with Crippen LogP contribution in [-0.2, 0) is 0 Å². The lowest BCUT2D eigenvalue weighted by atomic mass is 9.99. The third kappa shape index (κ3) is 3.51. The monoisotopic (exact) mass is 527 g/mol. The number of aromatic nitrogens is 6. The number of hydrogen-bond donors (Lipinski definition) is 2. The fraction of sp³-hybridized carbons (Fsp3) is 0.226. The number of rotatable bonds is 5. The van der Waals surface area contributed by atoms with E-state index in [9.17, 15) is 0 Å². The zero-order valence-electron chi connectivity index (χ0n) is 22.4. The lowest BCUT2D eigenvalue weighted by Gasteiger charge is -2.31. The highest BCUT2D eigenvalue weighted by atomic mass is 15.3. The summed E-state index contributed by atoms with van der Waals surface area (Å²) in [6, 6.07) is 20.2. The highest BCUT2D eigenvalue weighted by molar-refractivity contribution is 6.03. The molecule has 2 aliphatic rings. The molecule has 2 saturated heterocycles. The molecule has 9 heteroatoms. The van der Waals surface area contributed by atoms with Crippen LogP contribution in [0.1, 0.15) is 6.42 Å². The minimum Gasteiger partial charge on any atom is -0.377 e. The second-order valence-electron chi connectivity index (χ2n) is 10.9. The predicted octanol–water partition coefficient (Wildman–Crippen LogP) is 4.62. The molecule has 0 saturated carbocycles. The number of pyridine rings is 1. The van der Waals surface area contributed by atoms with Gasteiger partial charge in [0.25, 0.3) is 0 Å². The fourth-order valence-electron chi connectivity index (χ4n) is 6.46. The van der Waals surface area contributed by atoms with Crippen LogP contribution in [0.5, 0.6) is 0 Å². The average Bonchev–Trinajstić information content (AvgIpc) is 3.80. The summed E-state index contributed by atoms with van der Waals surface area (Å²) in [5.41, 5.74) is 10.2. The maximum absolute atomic E-state index is 5.22. The first-order valence-corrected chi connectivity index (χ1v) is 13.7. The van der Waals surface area contributed by atoms with E-state index in [1.54, 1.807) is 12.4 Å². The molecule has 8 rings (SSSR count). The number of piperazine rings is 1. The zero-order valence-corrected chi connectivity index (χ0v) is 22.4. The maximum atomic E-state index is 5.22. The van der Waals surface area contributed by atoms with Crippen molar-refractivity contribution >= 4 is 27.9 Å². The van der Waals surface area contributed by atoms with Gasteiger partial charge in [-0.2, -0.15) is 10.2 Å². The molecule has 2 bridgehead atoms. The number of nitrogens with zero attached hydrogens (tertiary/aromatic N) is 7. The van der Waals surface area contributed by atoms with Crippen molar-refractivity contribution in [1.82, 2.24) is 35.1 Å². The molecule has 4 aromatic heterocycles. The van der Waals surface area contributed by atoms with Gasteiger partial charge in [-0.25, -0.2) is 9.50 Å². The summed E-state index contributed by atoms with van der Waals surface area (Å²) in [6.45, 7) is 2.12. The van der Waals surface area contributed by atoms with E-state index in [2.05, 4.69) is 74.7 Å². The summed E-state index contributed by atoms with van der Waals surface area (Å²) < 4.78 is 1.99. The third-order valence-corrected chi connectivity index (χ3v) is 8.35. The molecule has 2 aromatic carbocycles. The molecule has 40 heavy (non-hydrogen) atoms. The number of hydrogen-bond acceptors (Lipinski definition) is 7. The molecule has 6 aromatic rings. The van der Waals surface area contributed by atoms with Crippen LogP contribution in [-0.4, -0.2) is 69.0 Å². The highest BCUT2D eigenvalue weighted by Gasteiger charge is 2.37.